The van der Waals surface area contributed by atoms with E-state index in [0.717, 1.165) is 36.1 Å². The Labute approximate surface area is 166 Å². The van der Waals surface area contributed by atoms with Crippen LogP contribution in [0, 0.1) is 0 Å². The van der Waals surface area contributed by atoms with E-state index in [-0.39, 0.29) is 12.0 Å². The number of carbonyl (C=O) groups is 1. The molecule has 2 aromatic rings. The van der Waals surface area contributed by atoms with Gasteiger partial charge in [-0.25, -0.2) is 0 Å². The molecule has 0 aliphatic carbocycles. The molecule has 1 atom stereocenters. The van der Waals surface area contributed by atoms with Crippen molar-refractivity contribution in [1.29, 1.82) is 0 Å². The molecular weight excluding hydrogens is 352 g/mol. The lowest BCUT2D eigenvalue weighted by Gasteiger charge is -2.26. The first-order valence-corrected chi connectivity index (χ1v) is 10.6. The average molecular weight is 383 g/mol. The number of hydrogen-bond donors (Lipinski definition) is 1. The molecule has 2 aliphatic rings. The fourth-order valence-electron chi connectivity index (χ4n) is 4.22. The first-order chi connectivity index (χ1) is 13.7. The van der Waals surface area contributed by atoms with Crippen LogP contribution in [-0.4, -0.2) is 66.2 Å². The second kappa shape index (κ2) is 8.93. The third-order valence-electron chi connectivity index (χ3n) is 5.85. The predicted octanol–water partition coefficient (Wildman–Crippen LogP) is 3.30. The number of β-amino-alcohol motifs (C(OH)–C–C–N with tert-alkyl or cyclic N) is 1. The summed E-state index contributed by atoms with van der Waals surface area (Å²) in [5.41, 5.74) is 0.678. The average Bonchev–Trinajstić information content (AvgIpc) is 3.17. The van der Waals surface area contributed by atoms with Gasteiger partial charge in [-0.1, -0.05) is 18.6 Å². The Morgan fingerprint density at radius 2 is 1.82 bits per heavy atom. The molecule has 0 spiro atoms. The zero-order chi connectivity index (χ0) is 19.3. The first kappa shape index (κ1) is 19.2. The number of amides is 1. The molecule has 4 rings (SSSR count). The van der Waals surface area contributed by atoms with Crippen molar-refractivity contribution in [2.75, 3.05) is 39.3 Å². The van der Waals surface area contributed by atoms with Crippen LogP contribution in [0.15, 0.2) is 36.4 Å². The smallest absolute Gasteiger partial charge is 0.253 e. The first-order valence-electron chi connectivity index (χ1n) is 10.6. The van der Waals surface area contributed by atoms with Crippen LogP contribution in [0.3, 0.4) is 0 Å². The minimum atomic E-state index is -0.390. The summed E-state index contributed by atoms with van der Waals surface area (Å²) in [6.07, 6.45) is 5.35. The minimum absolute atomic E-state index is 0.00325. The van der Waals surface area contributed by atoms with E-state index in [1.807, 2.05) is 36.4 Å². The normalized spacial score (nSPS) is 20.6. The molecule has 2 saturated heterocycles. The molecule has 0 radical (unpaired) electrons. The topological polar surface area (TPSA) is 53.0 Å². The molecule has 5 nitrogen and oxygen atoms in total. The Balaban J connectivity index is 1.33. The van der Waals surface area contributed by atoms with Crippen molar-refractivity contribution in [1.82, 2.24) is 9.80 Å². The van der Waals surface area contributed by atoms with E-state index in [1.165, 1.54) is 32.4 Å². The molecule has 28 heavy (non-hydrogen) atoms. The molecule has 0 aromatic heterocycles. The van der Waals surface area contributed by atoms with Crippen LogP contribution in [0.2, 0.25) is 0 Å². The third kappa shape index (κ3) is 4.65. The Morgan fingerprint density at radius 3 is 2.61 bits per heavy atom. The van der Waals surface area contributed by atoms with E-state index in [1.54, 1.807) is 4.90 Å². The SMILES string of the molecule is O=C(c1ccc2cc(OCCCN3CCCCC3)ccc2c1)N1CCC(O)C1. The maximum atomic E-state index is 12.6. The van der Waals surface area contributed by atoms with E-state index in [2.05, 4.69) is 4.90 Å². The summed E-state index contributed by atoms with van der Waals surface area (Å²) in [7, 11) is 0. The van der Waals surface area contributed by atoms with Crippen molar-refractivity contribution in [2.24, 2.45) is 0 Å². The van der Waals surface area contributed by atoms with E-state index in [9.17, 15) is 9.90 Å². The standard InChI is InChI=1S/C23H30N2O3/c26-21-9-13-25(17-21)23(27)20-6-5-19-16-22(8-7-18(19)15-20)28-14-4-12-24-10-2-1-3-11-24/h5-8,15-16,21,26H,1-4,9-14,17H2. The van der Waals surface area contributed by atoms with Gasteiger partial charge < -0.3 is 19.6 Å². The molecule has 0 bridgehead atoms. The third-order valence-corrected chi connectivity index (χ3v) is 5.85. The molecule has 2 fully saturated rings. The number of aliphatic hydroxyl groups is 1. The second-order valence-electron chi connectivity index (χ2n) is 8.02. The highest BCUT2D eigenvalue weighted by molar-refractivity contribution is 5.99. The zero-order valence-corrected chi connectivity index (χ0v) is 16.5. The summed E-state index contributed by atoms with van der Waals surface area (Å²) < 4.78 is 5.95. The molecule has 1 unspecified atom stereocenters. The van der Waals surface area contributed by atoms with Crippen LogP contribution in [0.4, 0.5) is 0 Å². The monoisotopic (exact) mass is 382 g/mol. The number of fused-ring (bicyclic) bond motifs is 1. The Hall–Kier alpha value is -2.11. The number of hydrogen-bond acceptors (Lipinski definition) is 4. The molecule has 2 heterocycles. The van der Waals surface area contributed by atoms with Crippen molar-refractivity contribution in [3.05, 3.63) is 42.0 Å². The summed E-state index contributed by atoms with van der Waals surface area (Å²) >= 11 is 0. The zero-order valence-electron chi connectivity index (χ0n) is 16.5. The lowest BCUT2D eigenvalue weighted by atomic mass is 10.1. The number of aliphatic hydroxyl groups excluding tert-OH is 1. The van der Waals surface area contributed by atoms with Gasteiger partial charge in [0.15, 0.2) is 0 Å². The van der Waals surface area contributed by atoms with E-state index in [4.69, 9.17) is 4.74 Å². The van der Waals surface area contributed by atoms with Crippen LogP contribution in [-0.2, 0) is 0 Å². The maximum absolute atomic E-state index is 12.6. The molecule has 1 amide bonds. The Kier molecular flexibility index (Phi) is 6.13. The van der Waals surface area contributed by atoms with Crippen LogP contribution in [0.1, 0.15) is 42.5 Å². The fourth-order valence-corrected chi connectivity index (χ4v) is 4.22. The largest absolute Gasteiger partial charge is 0.494 e. The van der Waals surface area contributed by atoms with Gasteiger partial charge in [0.05, 0.1) is 12.7 Å². The molecule has 5 heteroatoms. The number of likely N-dealkylation sites (tertiary alicyclic amines) is 2. The fraction of sp³-hybridized carbons (Fsp3) is 0.522. The van der Waals surface area contributed by atoms with Crippen molar-refractivity contribution in [3.63, 3.8) is 0 Å². The molecule has 1 N–H and O–H groups in total. The second-order valence-corrected chi connectivity index (χ2v) is 8.02. The highest BCUT2D eigenvalue weighted by Crippen LogP contribution is 2.24. The molecular formula is C23H30N2O3. The van der Waals surface area contributed by atoms with Gasteiger partial charge in [-0.2, -0.15) is 0 Å². The van der Waals surface area contributed by atoms with Gasteiger partial charge in [0.25, 0.3) is 5.91 Å². The molecule has 2 aromatic carbocycles. The van der Waals surface area contributed by atoms with Gasteiger partial charge in [-0.15, -0.1) is 0 Å². The lowest BCUT2D eigenvalue weighted by molar-refractivity contribution is 0.0765. The van der Waals surface area contributed by atoms with Gasteiger partial charge in [-0.3, -0.25) is 4.79 Å². The van der Waals surface area contributed by atoms with Crippen molar-refractivity contribution >= 4 is 16.7 Å². The highest BCUT2D eigenvalue weighted by Gasteiger charge is 2.25. The number of ether oxygens (including phenoxy) is 1. The summed E-state index contributed by atoms with van der Waals surface area (Å²) in [5.74, 6) is 0.879. The summed E-state index contributed by atoms with van der Waals surface area (Å²) in [5, 5.41) is 11.8. The lowest BCUT2D eigenvalue weighted by Crippen LogP contribution is -2.31. The van der Waals surface area contributed by atoms with Crippen LogP contribution >= 0.6 is 0 Å². The summed E-state index contributed by atoms with van der Waals surface area (Å²) in [6.45, 7) is 5.37. The molecule has 150 valence electrons. The number of carbonyl (C=O) groups excluding carboxylic acids is 1. The van der Waals surface area contributed by atoms with Crippen molar-refractivity contribution < 1.29 is 14.6 Å². The quantitative estimate of drug-likeness (QED) is 0.779. The maximum Gasteiger partial charge on any atom is 0.253 e. The van der Waals surface area contributed by atoms with Gasteiger partial charge in [0.2, 0.25) is 0 Å². The number of benzene rings is 2. The Bertz CT molecular complexity index is 817. The number of rotatable bonds is 6. The van der Waals surface area contributed by atoms with Gasteiger partial charge in [0.1, 0.15) is 5.75 Å². The highest BCUT2D eigenvalue weighted by atomic mass is 16.5. The van der Waals surface area contributed by atoms with Crippen molar-refractivity contribution in [3.8, 4) is 5.75 Å². The van der Waals surface area contributed by atoms with Crippen LogP contribution in [0.25, 0.3) is 10.8 Å². The van der Waals surface area contributed by atoms with Gasteiger partial charge >= 0.3 is 0 Å². The van der Waals surface area contributed by atoms with E-state index in [0.29, 0.717) is 25.1 Å². The Morgan fingerprint density at radius 1 is 1.04 bits per heavy atom. The summed E-state index contributed by atoms with van der Waals surface area (Å²) in [6, 6.07) is 11.8. The van der Waals surface area contributed by atoms with Gasteiger partial charge in [-0.05, 0) is 73.8 Å². The van der Waals surface area contributed by atoms with Gasteiger partial charge in [0, 0.05) is 25.2 Å². The number of nitrogens with zero attached hydrogens (tertiary/aromatic N) is 2. The predicted molar refractivity (Wildman–Crippen MR) is 111 cm³/mol. The van der Waals surface area contributed by atoms with Crippen molar-refractivity contribution in [2.45, 2.75) is 38.2 Å². The number of piperidine rings is 1. The molecule has 2 aliphatic heterocycles. The molecule has 0 saturated carbocycles. The van der Waals surface area contributed by atoms with Crippen LogP contribution < -0.4 is 4.74 Å². The van der Waals surface area contributed by atoms with E-state index < -0.39 is 0 Å². The van der Waals surface area contributed by atoms with E-state index >= 15 is 0 Å². The van der Waals surface area contributed by atoms with Crippen LogP contribution in [0.5, 0.6) is 5.75 Å². The summed E-state index contributed by atoms with van der Waals surface area (Å²) in [4.78, 5) is 16.9. The minimum Gasteiger partial charge on any atom is -0.494 e.